The molecule has 1 aromatic heterocycles. The van der Waals surface area contributed by atoms with E-state index in [1.807, 2.05) is 11.8 Å². The van der Waals surface area contributed by atoms with Gasteiger partial charge in [0.1, 0.15) is 0 Å². The van der Waals surface area contributed by atoms with Crippen LogP contribution >= 0.6 is 24.8 Å². The maximum atomic E-state index is 12.5. The molecule has 0 radical (unpaired) electrons. The van der Waals surface area contributed by atoms with E-state index in [4.69, 9.17) is 10.3 Å². The van der Waals surface area contributed by atoms with Crippen LogP contribution in [0.4, 0.5) is 0 Å². The highest BCUT2D eigenvalue weighted by Crippen LogP contribution is 2.26. The van der Waals surface area contributed by atoms with E-state index < -0.39 is 0 Å². The molecule has 0 spiro atoms. The second-order valence-corrected chi connectivity index (χ2v) is 6.33. The first kappa shape index (κ1) is 21.2. The summed E-state index contributed by atoms with van der Waals surface area (Å²) in [6.45, 7) is 5.98. The number of halogens is 2. The molecule has 1 saturated carbocycles. The summed E-state index contributed by atoms with van der Waals surface area (Å²) in [7, 11) is 0. The number of carbonyl (C=O) groups excluding carboxylic acids is 1. The molecule has 0 bridgehead atoms. The van der Waals surface area contributed by atoms with Crippen LogP contribution in [0.15, 0.2) is 4.52 Å². The molecule has 2 fully saturated rings. The number of nitrogens with zero attached hydrogens (tertiary/aromatic N) is 4. The smallest absolute Gasteiger partial charge is 0.226 e. The molecule has 9 heteroatoms. The molecule has 24 heavy (non-hydrogen) atoms. The zero-order valence-corrected chi connectivity index (χ0v) is 15.7. The summed E-state index contributed by atoms with van der Waals surface area (Å²) < 4.78 is 5.13. The van der Waals surface area contributed by atoms with Crippen LogP contribution < -0.4 is 5.73 Å². The van der Waals surface area contributed by atoms with Crippen molar-refractivity contribution in [2.45, 2.75) is 45.2 Å². The lowest BCUT2D eigenvalue weighted by molar-refractivity contribution is -0.137. The minimum absolute atomic E-state index is 0. The average molecular weight is 380 g/mol. The summed E-state index contributed by atoms with van der Waals surface area (Å²) in [5.74, 6) is 1.85. The van der Waals surface area contributed by atoms with Crippen molar-refractivity contribution >= 4 is 30.7 Å². The average Bonchev–Trinajstić information content (AvgIpc) is 3.16. The van der Waals surface area contributed by atoms with Gasteiger partial charge < -0.3 is 15.2 Å². The van der Waals surface area contributed by atoms with Gasteiger partial charge in [0.25, 0.3) is 0 Å². The van der Waals surface area contributed by atoms with Crippen molar-refractivity contribution in [1.29, 1.82) is 0 Å². The van der Waals surface area contributed by atoms with Gasteiger partial charge in [0, 0.05) is 44.6 Å². The highest BCUT2D eigenvalue weighted by atomic mass is 35.5. The van der Waals surface area contributed by atoms with E-state index >= 15 is 0 Å². The Labute approximate surface area is 155 Å². The van der Waals surface area contributed by atoms with Crippen LogP contribution in [-0.2, 0) is 17.8 Å². The van der Waals surface area contributed by atoms with Gasteiger partial charge >= 0.3 is 0 Å². The van der Waals surface area contributed by atoms with Crippen LogP contribution in [0.25, 0.3) is 0 Å². The van der Waals surface area contributed by atoms with Gasteiger partial charge in [0.05, 0.1) is 6.54 Å². The first-order valence-electron chi connectivity index (χ1n) is 8.24. The minimum Gasteiger partial charge on any atom is -0.340 e. The lowest BCUT2D eigenvalue weighted by Gasteiger charge is -2.35. The highest BCUT2D eigenvalue weighted by Gasteiger charge is 2.32. The molecule has 138 valence electrons. The van der Waals surface area contributed by atoms with Crippen molar-refractivity contribution in [2.24, 2.45) is 11.7 Å². The Hall–Kier alpha value is -0.890. The van der Waals surface area contributed by atoms with Crippen molar-refractivity contribution in [1.82, 2.24) is 19.9 Å². The topological polar surface area (TPSA) is 88.5 Å². The van der Waals surface area contributed by atoms with Crippen LogP contribution in [0.3, 0.4) is 0 Å². The number of rotatable bonds is 4. The molecule has 1 aliphatic carbocycles. The van der Waals surface area contributed by atoms with Gasteiger partial charge in [-0.2, -0.15) is 4.98 Å². The van der Waals surface area contributed by atoms with E-state index in [0.717, 1.165) is 57.7 Å². The normalized spacial score (nSPS) is 24.3. The third-order valence-corrected chi connectivity index (χ3v) is 4.68. The quantitative estimate of drug-likeness (QED) is 0.846. The number of amides is 1. The van der Waals surface area contributed by atoms with Gasteiger partial charge in [0.2, 0.25) is 11.8 Å². The number of hydrogen-bond donors (Lipinski definition) is 1. The zero-order valence-electron chi connectivity index (χ0n) is 14.0. The fourth-order valence-corrected chi connectivity index (χ4v) is 3.32. The molecule has 2 atom stereocenters. The Balaban J connectivity index is 0.00000144. The van der Waals surface area contributed by atoms with E-state index in [1.165, 1.54) is 0 Å². The second kappa shape index (κ2) is 9.56. The number of nitrogens with two attached hydrogens (primary N) is 1. The predicted octanol–water partition coefficient (Wildman–Crippen LogP) is 1.25. The Morgan fingerprint density at radius 3 is 2.50 bits per heavy atom. The van der Waals surface area contributed by atoms with Gasteiger partial charge in [-0.3, -0.25) is 9.69 Å². The number of piperazine rings is 1. The van der Waals surface area contributed by atoms with Gasteiger partial charge in [-0.25, -0.2) is 0 Å². The van der Waals surface area contributed by atoms with Crippen LogP contribution in [0.2, 0.25) is 0 Å². The molecule has 3 rings (SSSR count). The van der Waals surface area contributed by atoms with Crippen LogP contribution in [0.1, 0.15) is 37.9 Å². The summed E-state index contributed by atoms with van der Waals surface area (Å²) in [5.41, 5.74) is 5.91. The third-order valence-electron chi connectivity index (χ3n) is 4.68. The minimum atomic E-state index is 0. The van der Waals surface area contributed by atoms with E-state index in [0.29, 0.717) is 18.3 Å². The number of carbonyl (C=O) groups is 1. The molecule has 7 nitrogen and oxygen atoms in total. The Morgan fingerprint density at radius 2 is 1.96 bits per heavy atom. The van der Waals surface area contributed by atoms with Crippen LogP contribution in [-0.4, -0.2) is 58.1 Å². The fraction of sp³-hybridized carbons (Fsp3) is 0.800. The van der Waals surface area contributed by atoms with Gasteiger partial charge in [-0.05, 0) is 19.3 Å². The van der Waals surface area contributed by atoms with E-state index in [9.17, 15) is 4.79 Å². The van der Waals surface area contributed by atoms with Gasteiger partial charge in [-0.1, -0.05) is 12.1 Å². The Morgan fingerprint density at radius 1 is 1.25 bits per heavy atom. The van der Waals surface area contributed by atoms with Crippen molar-refractivity contribution < 1.29 is 9.32 Å². The van der Waals surface area contributed by atoms with E-state index in [1.54, 1.807) is 0 Å². The molecule has 1 saturated heterocycles. The molecule has 2 heterocycles. The zero-order chi connectivity index (χ0) is 15.5. The SMILES string of the molecule is CCc1nc(CN2CCN(C(=O)C3CCC(N)C3)CC2)no1.Cl.Cl. The monoisotopic (exact) mass is 379 g/mol. The van der Waals surface area contributed by atoms with Gasteiger partial charge in [-0.15, -0.1) is 24.8 Å². The van der Waals surface area contributed by atoms with E-state index in [2.05, 4.69) is 15.0 Å². The van der Waals surface area contributed by atoms with Crippen molar-refractivity contribution in [3.05, 3.63) is 11.7 Å². The molecule has 2 unspecified atom stereocenters. The first-order chi connectivity index (χ1) is 10.7. The van der Waals surface area contributed by atoms with E-state index in [-0.39, 0.29) is 36.8 Å². The first-order valence-corrected chi connectivity index (χ1v) is 8.24. The largest absolute Gasteiger partial charge is 0.340 e. The van der Waals surface area contributed by atoms with Gasteiger partial charge in [0.15, 0.2) is 5.82 Å². The summed E-state index contributed by atoms with van der Waals surface area (Å²) >= 11 is 0. The molecule has 2 N–H and O–H groups in total. The Kier molecular flexibility index (Phi) is 8.42. The molecule has 1 aromatic rings. The lowest BCUT2D eigenvalue weighted by Crippen LogP contribution is -2.49. The summed E-state index contributed by atoms with van der Waals surface area (Å²) in [4.78, 5) is 21.1. The van der Waals surface area contributed by atoms with Crippen molar-refractivity contribution in [3.8, 4) is 0 Å². The molecule has 1 amide bonds. The molecule has 0 aromatic carbocycles. The van der Waals surface area contributed by atoms with Crippen molar-refractivity contribution in [2.75, 3.05) is 26.2 Å². The lowest BCUT2D eigenvalue weighted by atomic mass is 10.1. The maximum absolute atomic E-state index is 12.5. The third kappa shape index (κ3) is 5.05. The van der Waals surface area contributed by atoms with Crippen LogP contribution in [0, 0.1) is 5.92 Å². The fourth-order valence-electron chi connectivity index (χ4n) is 3.32. The summed E-state index contributed by atoms with van der Waals surface area (Å²) in [6, 6.07) is 0.209. The molecule has 2 aliphatic rings. The molecule has 1 aliphatic heterocycles. The highest BCUT2D eigenvalue weighted by molar-refractivity contribution is 5.85. The predicted molar refractivity (Wildman–Crippen MR) is 95.3 cm³/mol. The standard InChI is InChI=1S/C15H25N5O2.2ClH/c1-2-14-17-13(18-22-14)10-19-5-7-20(8-6-19)15(21)11-3-4-12(16)9-11;;/h11-12H,2-10,16H2,1H3;2*1H. The second-order valence-electron chi connectivity index (χ2n) is 6.33. The summed E-state index contributed by atoms with van der Waals surface area (Å²) in [6.07, 6.45) is 3.54. The number of hydrogen-bond acceptors (Lipinski definition) is 6. The summed E-state index contributed by atoms with van der Waals surface area (Å²) in [5, 5.41) is 3.98. The number of aromatic nitrogens is 2. The molecular weight excluding hydrogens is 353 g/mol. The number of aryl methyl sites for hydroxylation is 1. The maximum Gasteiger partial charge on any atom is 0.226 e. The van der Waals surface area contributed by atoms with Crippen LogP contribution in [0.5, 0.6) is 0 Å². The Bertz CT molecular complexity index is 520. The molecular formula is C15H27Cl2N5O2. The van der Waals surface area contributed by atoms with Crippen molar-refractivity contribution in [3.63, 3.8) is 0 Å².